The van der Waals surface area contributed by atoms with Crippen LogP contribution in [-0.2, 0) is 4.79 Å². The maximum Gasteiger partial charge on any atom is 0.255 e. The zero-order valence-corrected chi connectivity index (χ0v) is 8.07. The standard InChI is InChI=1S/C10H12FNO2/c1-12(2)10(14)9(13)7-3-5-8(11)6-4-7/h3-6,9,13H,1-2H3. The Labute approximate surface area is 81.8 Å². The molecule has 14 heavy (non-hydrogen) atoms. The summed E-state index contributed by atoms with van der Waals surface area (Å²) in [5.41, 5.74) is 0.394. The van der Waals surface area contributed by atoms with Gasteiger partial charge in [0, 0.05) is 14.1 Å². The minimum atomic E-state index is -1.22. The fourth-order valence-electron chi connectivity index (χ4n) is 1.03. The molecule has 76 valence electrons. The second-order valence-corrected chi connectivity index (χ2v) is 3.19. The largest absolute Gasteiger partial charge is 0.378 e. The Morgan fingerprint density at radius 2 is 1.86 bits per heavy atom. The van der Waals surface area contributed by atoms with Crippen LogP contribution in [0, 0.1) is 5.82 Å². The van der Waals surface area contributed by atoms with Gasteiger partial charge >= 0.3 is 0 Å². The fourth-order valence-corrected chi connectivity index (χ4v) is 1.03. The van der Waals surface area contributed by atoms with Crippen molar-refractivity contribution in [2.75, 3.05) is 14.1 Å². The summed E-state index contributed by atoms with van der Waals surface area (Å²) in [4.78, 5) is 12.6. The average molecular weight is 197 g/mol. The van der Waals surface area contributed by atoms with E-state index in [-0.39, 0.29) is 0 Å². The van der Waals surface area contributed by atoms with Gasteiger partial charge in [-0.15, -0.1) is 0 Å². The molecular weight excluding hydrogens is 185 g/mol. The lowest BCUT2D eigenvalue weighted by molar-refractivity contribution is -0.137. The third kappa shape index (κ3) is 2.29. The van der Waals surface area contributed by atoms with Gasteiger partial charge in [-0.25, -0.2) is 4.39 Å². The summed E-state index contributed by atoms with van der Waals surface area (Å²) in [6.07, 6.45) is -1.22. The number of hydrogen-bond donors (Lipinski definition) is 1. The first kappa shape index (κ1) is 10.7. The molecule has 1 amide bonds. The van der Waals surface area contributed by atoms with Crippen molar-refractivity contribution >= 4 is 5.91 Å². The van der Waals surface area contributed by atoms with Crippen LogP contribution in [0.2, 0.25) is 0 Å². The van der Waals surface area contributed by atoms with Crippen LogP contribution in [0.25, 0.3) is 0 Å². The Morgan fingerprint density at radius 1 is 1.36 bits per heavy atom. The number of amides is 1. The van der Waals surface area contributed by atoms with Crippen LogP contribution >= 0.6 is 0 Å². The van der Waals surface area contributed by atoms with Gasteiger partial charge in [-0.2, -0.15) is 0 Å². The van der Waals surface area contributed by atoms with Crippen LogP contribution in [0.1, 0.15) is 11.7 Å². The minimum absolute atomic E-state index is 0.391. The molecule has 0 saturated heterocycles. The van der Waals surface area contributed by atoms with Crippen LogP contribution in [0.4, 0.5) is 4.39 Å². The van der Waals surface area contributed by atoms with Crippen LogP contribution in [0.3, 0.4) is 0 Å². The number of halogens is 1. The highest BCUT2D eigenvalue weighted by atomic mass is 19.1. The molecule has 0 radical (unpaired) electrons. The van der Waals surface area contributed by atoms with Gasteiger partial charge in [0.25, 0.3) is 5.91 Å². The first-order valence-electron chi connectivity index (χ1n) is 4.17. The number of nitrogens with zero attached hydrogens (tertiary/aromatic N) is 1. The number of aliphatic hydroxyl groups is 1. The molecule has 0 saturated carbocycles. The molecule has 1 atom stereocenters. The van der Waals surface area contributed by atoms with Crippen molar-refractivity contribution < 1.29 is 14.3 Å². The second-order valence-electron chi connectivity index (χ2n) is 3.19. The highest BCUT2D eigenvalue weighted by Crippen LogP contribution is 2.14. The number of benzene rings is 1. The Hall–Kier alpha value is -1.42. The topological polar surface area (TPSA) is 40.5 Å². The molecule has 0 spiro atoms. The van der Waals surface area contributed by atoms with E-state index in [9.17, 15) is 14.3 Å². The van der Waals surface area contributed by atoms with Gasteiger partial charge in [0.15, 0.2) is 6.10 Å². The molecule has 0 fully saturated rings. The van der Waals surface area contributed by atoms with Gasteiger partial charge in [0.1, 0.15) is 5.82 Å². The molecule has 0 aliphatic rings. The molecule has 1 aromatic carbocycles. The van der Waals surface area contributed by atoms with Gasteiger partial charge in [0.05, 0.1) is 0 Å². The fraction of sp³-hybridized carbons (Fsp3) is 0.300. The molecule has 0 aliphatic heterocycles. The number of aliphatic hydroxyl groups excluding tert-OH is 1. The van der Waals surface area contributed by atoms with Gasteiger partial charge in [-0.1, -0.05) is 12.1 Å². The SMILES string of the molecule is CN(C)C(=O)C(O)c1ccc(F)cc1. The molecule has 0 aliphatic carbocycles. The summed E-state index contributed by atoms with van der Waals surface area (Å²) in [7, 11) is 3.10. The van der Waals surface area contributed by atoms with Crippen molar-refractivity contribution in [1.29, 1.82) is 0 Å². The van der Waals surface area contributed by atoms with E-state index >= 15 is 0 Å². The average Bonchev–Trinajstić information content (AvgIpc) is 2.16. The van der Waals surface area contributed by atoms with Crippen molar-refractivity contribution in [2.45, 2.75) is 6.10 Å². The normalized spacial score (nSPS) is 12.3. The number of hydrogen-bond acceptors (Lipinski definition) is 2. The highest BCUT2D eigenvalue weighted by Gasteiger charge is 2.18. The molecule has 1 rings (SSSR count). The smallest absolute Gasteiger partial charge is 0.255 e. The summed E-state index contributed by atoms with van der Waals surface area (Å²) in [6, 6.07) is 5.20. The van der Waals surface area contributed by atoms with Gasteiger partial charge in [-0.05, 0) is 17.7 Å². The molecule has 0 aromatic heterocycles. The molecule has 1 aromatic rings. The third-order valence-electron chi connectivity index (χ3n) is 1.86. The predicted octanol–water partition coefficient (Wildman–Crippen LogP) is 0.947. The summed E-state index contributed by atoms with van der Waals surface area (Å²) in [5.74, 6) is -0.810. The van der Waals surface area contributed by atoms with Crippen molar-refractivity contribution in [3.63, 3.8) is 0 Å². The number of rotatable bonds is 2. The van der Waals surface area contributed by atoms with E-state index in [0.29, 0.717) is 5.56 Å². The maximum atomic E-state index is 12.5. The molecule has 4 heteroatoms. The van der Waals surface area contributed by atoms with Crippen LogP contribution < -0.4 is 0 Å². The van der Waals surface area contributed by atoms with E-state index in [2.05, 4.69) is 0 Å². The van der Waals surface area contributed by atoms with E-state index in [4.69, 9.17) is 0 Å². The Balaban J connectivity index is 2.84. The van der Waals surface area contributed by atoms with Gasteiger partial charge in [-0.3, -0.25) is 4.79 Å². The quantitative estimate of drug-likeness (QED) is 0.766. The Morgan fingerprint density at radius 3 is 2.29 bits per heavy atom. The lowest BCUT2D eigenvalue weighted by Crippen LogP contribution is -2.27. The summed E-state index contributed by atoms with van der Waals surface area (Å²) in [6.45, 7) is 0. The molecule has 3 nitrogen and oxygen atoms in total. The first-order chi connectivity index (χ1) is 6.52. The van der Waals surface area contributed by atoms with E-state index in [1.165, 1.54) is 29.2 Å². The highest BCUT2D eigenvalue weighted by molar-refractivity contribution is 5.81. The zero-order valence-electron chi connectivity index (χ0n) is 8.07. The van der Waals surface area contributed by atoms with E-state index in [1.54, 1.807) is 14.1 Å². The summed E-state index contributed by atoms with van der Waals surface area (Å²) < 4.78 is 12.5. The monoisotopic (exact) mass is 197 g/mol. The van der Waals surface area contributed by atoms with Crippen molar-refractivity contribution in [3.8, 4) is 0 Å². The second kappa shape index (κ2) is 4.19. The molecule has 0 bridgehead atoms. The molecule has 0 heterocycles. The molecule has 1 unspecified atom stereocenters. The zero-order chi connectivity index (χ0) is 10.7. The van der Waals surface area contributed by atoms with Crippen LogP contribution in [-0.4, -0.2) is 30.0 Å². The molecular formula is C10H12FNO2. The third-order valence-corrected chi connectivity index (χ3v) is 1.86. The number of likely N-dealkylation sites (N-methyl/N-ethyl adjacent to an activating group) is 1. The van der Waals surface area contributed by atoms with Gasteiger partial charge < -0.3 is 10.0 Å². The van der Waals surface area contributed by atoms with E-state index in [1.807, 2.05) is 0 Å². The Bertz CT molecular complexity index is 321. The summed E-state index contributed by atoms with van der Waals surface area (Å²) in [5, 5.41) is 9.54. The van der Waals surface area contributed by atoms with E-state index < -0.39 is 17.8 Å². The van der Waals surface area contributed by atoms with E-state index in [0.717, 1.165) is 0 Å². The van der Waals surface area contributed by atoms with Crippen molar-refractivity contribution in [1.82, 2.24) is 4.90 Å². The summed E-state index contributed by atoms with van der Waals surface area (Å²) >= 11 is 0. The predicted molar refractivity (Wildman–Crippen MR) is 50.1 cm³/mol. The first-order valence-corrected chi connectivity index (χ1v) is 4.17. The lowest BCUT2D eigenvalue weighted by atomic mass is 10.1. The minimum Gasteiger partial charge on any atom is -0.378 e. The lowest BCUT2D eigenvalue weighted by Gasteiger charge is -2.15. The number of carbonyl (C=O) groups excluding carboxylic acids is 1. The van der Waals surface area contributed by atoms with Crippen molar-refractivity contribution in [2.24, 2.45) is 0 Å². The van der Waals surface area contributed by atoms with Crippen LogP contribution in [0.5, 0.6) is 0 Å². The van der Waals surface area contributed by atoms with Gasteiger partial charge in [0.2, 0.25) is 0 Å². The Kier molecular flexibility index (Phi) is 3.19. The maximum absolute atomic E-state index is 12.5. The molecule has 1 N–H and O–H groups in total. The van der Waals surface area contributed by atoms with Crippen LogP contribution in [0.15, 0.2) is 24.3 Å². The number of carbonyl (C=O) groups is 1. The van der Waals surface area contributed by atoms with Crippen molar-refractivity contribution in [3.05, 3.63) is 35.6 Å².